The molecule has 0 saturated carbocycles. The van der Waals surface area contributed by atoms with Crippen molar-refractivity contribution in [2.45, 2.75) is 25.3 Å². The number of aryl methyl sites for hydroxylation is 1. The number of pyridine rings is 1. The Morgan fingerprint density at radius 2 is 2.14 bits per heavy atom. The molecule has 0 bridgehead atoms. The topological polar surface area (TPSA) is 76.2 Å². The molecule has 76 valence electrons. The molecule has 1 rings (SSSR count). The third kappa shape index (κ3) is 2.81. The summed E-state index contributed by atoms with van der Waals surface area (Å²) in [6.45, 7) is 1.52. The van der Waals surface area contributed by atoms with Crippen LogP contribution in [0.3, 0.4) is 0 Å². The molecule has 0 fully saturated rings. The van der Waals surface area contributed by atoms with Gasteiger partial charge in [-0.05, 0) is 37.5 Å². The first kappa shape index (κ1) is 10.7. The highest BCUT2D eigenvalue weighted by Gasteiger charge is 2.26. The number of carboxylic acids is 1. The van der Waals surface area contributed by atoms with E-state index in [4.69, 9.17) is 10.8 Å². The van der Waals surface area contributed by atoms with Gasteiger partial charge in [-0.2, -0.15) is 0 Å². The van der Waals surface area contributed by atoms with Crippen molar-refractivity contribution in [3.8, 4) is 0 Å². The quantitative estimate of drug-likeness (QED) is 0.743. The molecule has 0 aliphatic heterocycles. The fraction of sp³-hybridized carbons (Fsp3) is 0.400. The summed E-state index contributed by atoms with van der Waals surface area (Å²) in [6, 6.07) is 3.72. The minimum Gasteiger partial charge on any atom is -0.480 e. The highest BCUT2D eigenvalue weighted by Crippen LogP contribution is 2.11. The number of aliphatic carboxylic acids is 1. The van der Waals surface area contributed by atoms with Gasteiger partial charge in [0.1, 0.15) is 5.54 Å². The van der Waals surface area contributed by atoms with E-state index in [1.54, 1.807) is 12.4 Å². The van der Waals surface area contributed by atoms with Crippen molar-refractivity contribution in [1.82, 2.24) is 4.98 Å². The Morgan fingerprint density at radius 3 is 2.64 bits per heavy atom. The lowest BCUT2D eigenvalue weighted by Gasteiger charge is -2.18. The maximum Gasteiger partial charge on any atom is 0.323 e. The molecular weight excluding hydrogens is 180 g/mol. The van der Waals surface area contributed by atoms with E-state index in [1.807, 2.05) is 12.1 Å². The molecule has 1 unspecified atom stereocenters. The maximum atomic E-state index is 10.7. The van der Waals surface area contributed by atoms with Crippen molar-refractivity contribution in [3.05, 3.63) is 30.1 Å². The van der Waals surface area contributed by atoms with E-state index in [1.165, 1.54) is 6.92 Å². The first-order chi connectivity index (χ1) is 6.52. The van der Waals surface area contributed by atoms with Crippen LogP contribution in [0.15, 0.2) is 24.5 Å². The second-order valence-electron chi connectivity index (χ2n) is 3.58. The van der Waals surface area contributed by atoms with Crippen LogP contribution < -0.4 is 5.73 Å². The summed E-state index contributed by atoms with van der Waals surface area (Å²) in [5.41, 5.74) is 5.50. The molecule has 0 aliphatic carbocycles. The summed E-state index contributed by atoms with van der Waals surface area (Å²) in [5, 5.41) is 8.78. The number of hydrogen-bond donors (Lipinski definition) is 2. The highest BCUT2D eigenvalue weighted by atomic mass is 16.4. The zero-order valence-corrected chi connectivity index (χ0v) is 8.10. The number of nitrogens with two attached hydrogens (primary N) is 1. The predicted octanol–water partition coefficient (Wildman–Crippen LogP) is 0.816. The Labute approximate surface area is 82.8 Å². The van der Waals surface area contributed by atoms with Crippen molar-refractivity contribution in [1.29, 1.82) is 0 Å². The van der Waals surface area contributed by atoms with Crippen molar-refractivity contribution >= 4 is 5.97 Å². The molecule has 0 amide bonds. The average Bonchev–Trinajstić information content (AvgIpc) is 2.16. The number of nitrogens with zero attached hydrogens (tertiary/aromatic N) is 1. The SMILES string of the molecule is CC(N)(CCc1ccncc1)C(=O)O. The van der Waals surface area contributed by atoms with Crippen LogP contribution in [0.1, 0.15) is 18.9 Å². The zero-order chi connectivity index (χ0) is 10.6. The van der Waals surface area contributed by atoms with Crippen molar-refractivity contribution in [2.24, 2.45) is 5.73 Å². The largest absolute Gasteiger partial charge is 0.480 e. The van der Waals surface area contributed by atoms with Gasteiger partial charge in [-0.25, -0.2) is 0 Å². The molecular formula is C10H14N2O2. The van der Waals surface area contributed by atoms with E-state index in [2.05, 4.69) is 4.98 Å². The Morgan fingerprint density at radius 1 is 1.57 bits per heavy atom. The van der Waals surface area contributed by atoms with Crippen molar-refractivity contribution in [2.75, 3.05) is 0 Å². The predicted molar refractivity (Wildman–Crippen MR) is 52.8 cm³/mol. The second-order valence-corrected chi connectivity index (χ2v) is 3.58. The van der Waals surface area contributed by atoms with E-state index in [0.717, 1.165) is 5.56 Å². The van der Waals surface area contributed by atoms with E-state index in [9.17, 15) is 4.79 Å². The summed E-state index contributed by atoms with van der Waals surface area (Å²) >= 11 is 0. The van der Waals surface area contributed by atoms with E-state index in [-0.39, 0.29) is 0 Å². The molecule has 1 atom stereocenters. The third-order valence-electron chi connectivity index (χ3n) is 2.17. The molecule has 0 saturated heterocycles. The van der Waals surface area contributed by atoms with Crippen LogP contribution in [0, 0.1) is 0 Å². The van der Waals surface area contributed by atoms with E-state index >= 15 is 0 Å². The molecule has 4 heteroatoms. The van der Waals surface area contributed by atoms with Crippen LogP contribution in [0.4, 0.5) is 0 Å². The molecule has 1 aromatic heterocycles. The van der Waals surface area contributed by atoms with Crippen LogP contribution in [0.25, 0.3) is 0 Å². The minimum absolute atomic E-state index is 0.423. The van der Waals surface area contributed by atoms with Gasteiger partial charge in [-0.1, -0.05) is 0 Å². The summed E-state index contributed by atoms with van der Waals surface area (Å²) < 4.78 is 0. The van der Waals surface area contributed by atoms with Crippen LogP contribution in [0.5, 0.6) is 0 Å². The lowest BCUT2D eigenvalue weighted by atomic mass is 9.95. The van der Waals surface area contributed by atoms with Crippen LogP contribution in [-0.2, 0) is 11.2 Å². The van der Waals surface area contributed by atoms with Gasteiger partial charge >= 0.3 is 5.97 Å². The Hall–Kier alpha value is -1.42. The van der Waals surface area contributed by atoms with Crippen LogP contribution in [0.2, 0.25) is 0 Å². The summed E-state index contributed by atoms with van der Waals surface area (Å²) in [6.07, 6.45) is 4.45. The molecule has 3 N–H and O–H groups in total. The fourth-order valence-corrected chi connectivity index (χ4v) is 1.06. The van der Waals surface area contributed by atoms with Crippen LogP contribution in [-0.4, -0.2) is 21.6 Å². The fourth-order valence-electron chi connectivity index (χ4n) is 1.06. The monoisotopic (exact) mass is 194 g/mol. The smallest absolute Gasteiger partial charge is 0.323 e. The van der Waals surface area contributed by atoms with Gasteiger partial charge in [0.2, 0.25) is 0 Å². The average molecular weight is 194 g/mol. The zero-order valence-electron chi connectivity index (χ0n) is 8.10. The maximum absolute atomic E-state index is 10.7. The third-order valence-corrected chi connectivity index (χ3v) is 2.17. The lowest BCUT2D eigenvalue weighted by Crippen LogP contribution is -2.45. The second kappa shape index (κ2) is 4.19. The Kier molecular flexibility index (Phi) is 3.19. The normalized spacial score (nSPS) is 14.7. The minimum atomic E-state index is -1.15. The van der Waals surface area contributed by atoms with Crippen LogP contribution >= 0.6 is 0 Å². The highest BCUT2D eigenvalue weighted by molar-refractivity contribution is 5.77. The van der Waals surface area contributed by atoms with E-state index in [0.29, 0.717) is 12.8 Å². The molecule has 14 heavy (non-hydrogen) atoms. The number of carbonyl (C=O) groups is 1. The van der Waals surface area contributed by atoms with Gasteiger partial charge in [-0.15, -0.1) is 0 Å². The summed E-state index contributed by atoms with van der Waals surface area (Å²) in [7, 11) is 0. The Bertz CT molecular complexity index is 309. The number of carboxylic acid groups (broad SMARTS) is 1. The van der Waals surface area contributed by atoms with Gasteiger partial charge in [-0.3, -0.25) is 9.78 Å². The number of hydrogen-bond acceptors (Lipinski definition) is 3. The number of rotatable bonds is 4. The standard InChI is InChI=1S/C10H14N2O2/c1-10(11,9(13)14)5-2-8-3-6-12-7-4-8/h3-4,6-7H,2,5,11H2,1H3,(H,13,14). The first-order valence-electron chi connectivity index (χ1n) is 4.43. The van der Waals surface area contributed by atoms with Crippen molar-refractivity contribution in [3.63, 3.8) is 0 Å². The molecule has 1 heterocycles. The summed E-state index contributed by atoms with van der Waals surface area (Å²) in [5.74, 6) is -0.966. The molecule has 4 nitrogen and oxygen atoms in total. The van der Waals surface area contributed by atoms with Gasteiger partial charge in [0.15, 0.2) is 0 Å². The first-order valence-corrected chi connectivity index (χ1v) is 4.43. The van der Waals surface area contributed by atoms with E-state index < -0.39 is 11.5 Å². The number of aromatic nitrogens is 1. The molecule has 0 aromatic carbocycles. The lowest BCUT2D eigenvalue weighted by molar-refractivity contribution is -0.142. The Balaban J connectivity index is 2.53. The van der Waals surface area contributed by atoms with Crippen molar-refractivity contribution < 1.29 is 9.90 Å². The molecule has 0 radical (unpaired) electrons. The molecule has 1 aromatic rings. The van der Waals surface area contributed by atoms with Gasteiger partial charge < -0.3 is 10.8 Å². The molecule has 0 spiro atoms. The molecule has 0 aliphatic rings. The van der Waals surface area contributed by atoms with Gasteiger partial charge in [0.25, 0.3) is 0 Å². The summed E-state index contributed by atoms with van der Waals surface area (Å²) in [4.78, 5) is 14.6. The van der Waals surface area contributed by atoms with Gasteiger partial charge in [0, 0.05) is 12.4 Å². The van der Waals surface area contributed by atoms with Gasteiger partial charge in [0.05, 0.1) is 0 Å².